The van der Waals surface area contributed by atoms with Gasteiger partial charge in [-0.3, -0.25) is 0 Å². The molecule has 2 N–H and O–H groups in total. The van der Waals surface area contributed by atoms with Gasteiger partial charge >= 0.3 is 0 Å². The molecule has 2 rings (SSSR count). The minimum Gasteiger partial charge on any atom is -0.324 e. The first kappa shape index (κ1) is 13.6. The van der Waals surface area contributed by atoms with Crippen molar-refractivity contribution in [2.45, 2.75) is 26.8 Å². The van der Waals surface area contributed by atoms with Gasteiger partial charge in [-0.2, -0.15) is 5.10 Å². The quantitative estimate of drug-likeness (QED) is 0.908. The molecule has 0 unspecified atom stereocenters. The van der Waals surface area contributed by atoms with Gasteiger partial charge in [-0.1, -0.05) is 17.7 Å². The zero-order valence-corrected chi connectivity index (χ0v) is 12.9. The molecule has 0 fully saturated rings. The van der Waals surface area contributed by atoms with Crippen LogP contribution in [0.15, 0.2) is 22.7 Å². The maximum atomic E-state index is 6.31. The zero-order valence-electron chi connectivity index (χ0n) is 10.5. The Hall–Kier alpha value is -0.840. The molecule has 0 saturated carbocycles. The lowest BCUT2D eigenvalue weighted by Gasteiger charge is -2.11. The zero-order chi connectivity index (χ0) is 13.4. The number of nitrogens with zero attached hydrogens (tertiary/aromatic N) is 2. The summed E-state index contributed by atoms with van der Waals surface area (Å²) < 4.78 is 2.85. The summed E-state index contributed by atoms with van der Waals surface area (Å²) in [5.41, 5.74) is 9.70. The minimum atomic E-state index is -0.0243. The third kappa shape index (κ3) is 2.32. The normalized spacial score (nSPS) is 12.8. The van der Waals surface area contributed by atoms with Crippen LogP contribution < -0.4 is 5.73 Å². The summed E-state index contributed by atoms with van der Waals surface area (Å²) >= 11 is 9.82. The van der Waals surface area contributed by atoms with Gasteiger partial charge in [0.2, 0.25) is 0 Å². The smallest absolute Gasteiger partial charge is 0.0835 e. The molecule has 1 heterocycles. The first-order chi connectivity index (χ1) is 8.41. The average molecular weight is 329 g/mol. The van der Waals surface area contributed by atoms with Crippen LogP contribution in [0, 0.1) is 13.8 Å². The first-order valence-electron chi connectivity index (χ1n) is 5.69. The largest absolute Gasteiger partial charge is 0.324 e. The third-order valence-corrected chi connectivity index (χ3v) is 4.38. The molecule has 18 heavy (non-hydrogen) atoms. The number of aromatic nitrogens is 2. The van der Waals surface area contributed by atoms with Crippen molar-refractivity contribution in [1.82, 2.24) is 9.78 Å². The van der Waals surface area contributed by atoms with E-state index in [0.29, 0.717) is 5.02 Å². The molecule has 1 aromatic carbocycles. The van der Waals surface area contributed by atoms with Crippen LogP contribution in [0.1, 0.15) is 29.9 Å². The maximum Gasteiger partial charge on any atom is 0.0835 e. The minimum absolute atomic E-state index is 0.0243. The Labute approximate surface area is 120 Å². The lowest BCUT2D eigenvalue weighted by molar-refractivity contribution is 0.808. The lowest BCUT2D eigenvalue weighted by Crippen LogP contribution is -2.06. The molecule has 0 radical (unpaired) electrons. The van der Waals surface area contributed by atoms with Crippen LogP contribution >= 0.6 is 27.5 Å². The molecule has 0 aliphatic rings. The van der Waals surface area contributed by atoms with Gasteiger partial charge in [0.1, 0.15) is 0 Å². The van der Waals surface area contributed by atoms with Crippen molar-refractivity contribution in [3.63, 3.8) is 0 Å². The molecule has 2 aromatic rings. The molecule has 3 nitrogen and oxygen atoms in total. The highest BCUT2D eigenvalue weighted by atomic mass is 79.9. The van der Waals surface area contributed by atoms with E-state index in [1.807, 2.05) is 43.7 Å². The highest BCUT2D eigenvalue weighted by Crippen LogP contribution is 2.28. The summed E-state index contributed by atoms with van der Waals surface area (Å²) in [7, 11) is 0. The molecule has 0 spiro atoms. The van der Waals surface area contributed by atoms with Crippen molar-refractivity contribution in [2.75, 3.05) is 0 Å². The number of hydrogen-bond donors (Lipinski definition) is 1. The molecular weight excluding hydrogens is 314 g/mol. The monoisotopic (exact) mass is 327 g/mol. The molecule has 0 aliphatic heterocycles. The van der Waals surface area contributed by atoms with Crippen LogP contribution in [0.2, 0.25) is 5.02 Å². The van der Waals surface area contributed by atoms with Crippen LogP contribution in [-0.4, -0.2) is 9.78 Å². The van der Waals surface area contributed by atoms with Gasteiger partial charge in [-0.25, -0.2) is 4.68 Å². The van der Waals surface area contributed by atoms with Crippen LogP contribution in [0.4, 0.5) is 0 Å². The van der Waals surface area contributed by atoms with E-state index in [1.165, 1.54) is 0 Å². The van der Waals surface area contributed by atoms with Crippen molar-refractivity contribution in [3.8, 4) is 5.69 Å². The number of halogens is 2. The predicted octanol–water partition coefficient (Wildman–Crippen LogP) is 3.92. The fourth-order valence-electron chi connectivity index (χ4n) is 1.84. The van der Waals surface area contributed by atoms with E-state index >= 15 is 0 Å². The molecule has 0 amide bonds. The van der Waals surface area contributed by atoms with E-state index in [-0.39, 0.29) is 6.04 Å². The summed E-state index contributed by atoms with van der Waals surface area (Å²) in [5.74, 6) is 0. The van der Waals surface area contributed by atoms with Crippen molar-refractivity contribution >= 4 is 27.5 Å². The summed E-state index contributed by atoms with van der Waals surface area (Å²) in [5, 5.41) is 5.12. The lowest BCUT2D eigenvalue weighted by atomic mass is 10.1. The van der Waals surface area contributed by atoms with E-state index in [9.17, 15) is 0 Å². The summed E-state index contributed by atoms with van der Waals surface area (Å²) in [6.45, 7) is 5.89. The summed E-state index contributed by atoms with van der Waals surface area (Å²) in [4.78, 5) is 0. The number of aryl methyl sites for hydroxylation is 1. The molecule has 0 saturated heterocycles. The Morgan fingerprint density at radius 2 is 2.06 bits per heavy atom. The Balaban J connectivity index is 2.54. The average Bonchev–Trinajstić information content (AvgIpc) is 2.57. The Kier molecular flexibility index (Phi) is 3.80. The van der Waals surface area contributed by atoms with Gasteiger partial charge in [0.25, 0.3) is 0 Å². The second kappa shape index (κ2) is 5.03. The van der Waals surface area contributed by atoms with Gasteiger partial charge in [-0.15, -0.1) is 0 Å². The fourth-order valence-corrected chi connectivity index (χ4v) is 2.35. The van der Waals surface area contributed by atoms with E-state index in [0.717, 1.165) is 27.1 Å². The Morgan fingerprint density at radius 1 is 1.39 bits per heavy atom. The van der Waals surface area contributed by atoms with Gasteiger partial charge in [-0.05, 0) is 54.4 Å². The SMILES string of the molecule is Cc1nn(-c2ccc([C@H](C)N)cc2Cl)c(C)c1Br. The molecule has 0 aliphatic carbocycles. The van der Waals surface area contributed by atoms with Crippen molar-refractivity contribution < 1.29 is 0 Å². The number of nitrogens with two attached hydrogens (primary N) is 1. The maximum absolute atomic E-state index is 6.31. The number of rotatable bonds is 2. The number of benzene rings is 1. The highest BCUT2D eigenvalue weighted by molar-refractivity contribution is 9.10. The van der Waals surface area contributed by atoms with Gasteiger partial charge < -0.3 is 5.73 Å². The van der Waals surface area contributed by atoms with Crippen LogP contribution in [0.3, 0.4) is 0 Å². The van der Waals surface area contributed by atoms with Gasteiger partial charge in [0.05, 0.1) is 26.6 Å². The molecule has 96 valence electrons. The van der Waals surface area contributed by atoms with Crippen LogP contribution in [0.25, 0.3) is 5.69 Å². The van der Waals surface area contributed by atoms with E-state index in [4.69, 9.17) is 17.3 Å². The van der Waals surface area contributed by atoms with Crippen molar-refractivity contribution in [3.05, 3.63) is 44.6 Å². The Bertz CT molecular complexity index is 590. The second-order valence-electron chi connectivity index (χ2n) is 4.40. The molecular formula is C13H15BrClN3. The van der Waals surface area contributed by atoms with Crippen LogP contribution in [0.5, 0.6) is 0 Å². The second-order valence-corrected chi connectivity index (χ2v) is 5.60. The highest BCUT2D eigenvalue weighted by Gasteiger charge is 2.13. The molecule has 5 heteroatoms. The Morgan fingerprint density at radius 3 is 2.50 bits per heavy atom. The van der Waals surface area contributed by atoms with Crippen LogP contribution in [-0.2, 0) is 0 Å². The fraction of sp³-hybridized carbons (Fsp3) is 0.308. The summed E-state index contributed by atoms with van der Waals surface area (Å²) in [6, 6.07) is 5.80. The van der Waals surface area contributed by atoms with E-state index in [1.54, 1.807) is 0 Å². The topological polar surface area (TPSA) is 43.8 Å². The van der Waals surface area contributed by atoms with E-state index < -0.39 is 0 Å². The molecule has 1 aromatic heterocycles. The van der Waals surface area contributed by atoms with Gasteiger partial charge in [0.15, 0.2) is 0 Å². The number of hydrogen-bond acceptors (Lipinski definition) is 2. The van der Waals surface area contributed by atoms with Gasteiger partial charge in [0, 0.05) is 6.04 Å². The van der Waals surface area contributed by atoms with E-state index in [2.05, 4.69) is 21.0 Å². The van der Waals surface area contributed by atoms with Crippen molar-refractivity contribution in [2.24, 2.45) is 5.73 Å². The standard InChI is InChI=1S/C13H15BrClN3/c1-7(16)10-4-5-12(11(15)6-10)18-9(3)13(14)8(2)17-18/h4-7H,16H2,1-3H3/t7-/m0/s1. The predicted molar refractivity (Wildman–Crippen MR) is 78.4 cm³/mol. The summed E-state index contributed by atoms with van der Waals surface area (Å²) in [6.07, 6.45) is 0. The first-order valence-corrected chi connectivity index (χ1v) is 6.86. The third-order valence-electron chi connectivity index (χ3n) is 2.93. The van der Waals surface area contributed by atoms with Crippen molar-refractivity contribution in [1.29, 1.82) is 0 Å². The molecule has 0 bridgehead atoms. The molecule has 1 atom stereocenters.